The molecule has 0 aromatic heterocycles. The van der Waals surface area contributed by atoms with E-state index in [4.69, 9.17) is 5.73 Å². The van der Waals surface area contributed by atoms with E-state index < -0.39 is 5.54 Å². The van der Waals surface area contributed by atoms with E-state index in [9.17, 15) is 14.4 Å². The third kappa shape index (κ3) is 5.29. The fourth-order valence-corrected chi connectivity index (χ4v) is 2.85. The van der Waals surface area contributed by atoms with E-state index in [0.29, 0.717) is 24.1 Å². The fraction of sp³-hybridized carbons (Fsp3) is 0.500. The molecule has 1 aliphatic rings. The van der Waals surface area contributed by atoms with E-state index in [2.05, 4.69) is 15.4 Å². The van der Waals surface area contributed by atoms with Gasteiger partial charge in [-0.05, 0) is 37.1 Å². The highest BCUT2D eigenvalue weighted by molar-refractivity contribution is 5.99. The molecule has 1 fully saturated rings. The first kappa shape index (κ1) is 18.9. The zero-order valence-electron chi connectivity index (χ0n) is 14.5. The molecule has 2 amide bonds. The fourth-order valence-electron chi connectivity index (χ4n) is 2.85. The lowest BCUT2D eigenvalue weighted by atomic mass is 9.82. The minimum atomic E-state index is -0.803. The molecule has 2 rings (SSSR count). The molecule has 0 unspecified atom stereocenters. The molecule has 0 spiro atoms. The van der Waals surface area contributed by atoms with Crippen molar-refractivity contribution in [3.63, 3.8) is 0 Å². The van der Waals surface area contributed by atoms with E-state index in [1.54, 1.807) is 24.3 Å². The van der Waals surface area contributed by atoms with Gasteiger partial charge in [0.05, 0.1) is 19.1 Å². The van der Waals surface area contributed by atoms with Gasteiger partial charge in [-0.1, -0.05) is 19.3 Å². The van der Waals surface area contributed by atoms with Crippen LogP contribution < -0.4 is 16.4 Å². The first-order valence-corrected chi connectivity index (χ1v) is 8.50. The van der Waals surface area contributed by atoms with Gasteiger partial charge in [-0.15, -0.1) is 0 Å². The van der Waals surface area contributed by atoms with Crippen molar-refractivity contribution >= 4 is 23.5 Å². The summed E-state index contributed by atoms with van der Waals surface area (Å²) in [6.45, 7) is 0.208. The van der Waals surface area contributed by atoms with Crippen LogP contribution in [0.1, 0.15) is 48.9 Å². The van der Waals surface area contributed by atoms with Gasteiger partial charge in [-0.3, -0.25) is 14.4 Å². The van der Waals surface area contributed by atoms with Crippen LogP contribution in [0.4, 0.5) is 5.69 Å². The Labute approximate surface area is 147 Å². The molecule has 136 valence electrons. The standard InChI is InChI=1S/C18H25N3O4/c1-25-15(22)9-12-20-16(23)13-5-7-14(8-6-13)21-17(24)18(19)10-3-2-4-11-18/h5-8H,2-4,9-12,19H2,1H3,(H,20,23)(H,21,24). The number of carbonyl (C=O) groups is 3. The van der Waals surface area contributed by atoms with Gasteiger partial charge in [-0.2, -0.15) is 0 Å². The van der Waals surface area contributed by atoms with Gasteiger partial charge in [0.25, 0.3) is 5.91 Å². The number of nitrogens with one attached hydrogen (secondary N) is 2. The highest BCUT2D eigenvalue weighted by atomic mass is 16.5. The van der Waals surface area contributed by atoms with Gasteiger partial charge in [-0.25, -0.2) is 0 Å². The van der Waals surface area contributed by atoms with E-state index in [1.165, 1.54) is 7.11 Å². The first-order valence-electron chi connectivity index (χ1n) is 8.50. The molecule has 7 heteroatoms. The zero-order chi connectivity index (χ0) is 18.3. The molecule has 0 saturated heterocycles. The maximum Gasteiger partial charge on any atom is 0.307 e. The molecule has 1 aromatic rings. The number of methoxy groups -OCH3 is 1. The largest absolute Gasteiger partial charge is 0.469 e. The van der Waals surface area contributed by atoms with Crippen LogP contribution in [0.3, 0.4) is 0 Å². The van der Waals surface area contributed by atoms with E-state index >= 15 is 0 Å². The first-order chi connectivity index (χ1) is 11.9. The topological polar surface area (TPSA) is 111 Å². The molecule has 1 saturated carbocycles. The van der Waals surface area contributed by atoms with Crippen LogP contribution in [0.25, 0.3) is 0 Å². The third-order valence-corrected chi connectivity index (χ3v) is 4.45. The predicted molar refractivity (Wildman–Crippen MR) is 94.0 cm³/mol. The average Bonchev–Trinajstić information content (AvgIpc) is 2.62. The number of nitrogens with two attached hydrogens (primary N) is 1. The summed E-state index contributed by atoms with van der Waals surface area (Å²) in [5, 5.41) is 5.46. The third-order valence-electron chi connectivity index (χ3n) is 4.45. The van der Waals surface area contributed by atoms with E-state index in [1.807, 2.05) is 0 Å². The van der Waals surface area contributed by atoms with Crippen molar-refractivity contribution in [1.29, 1.82) is 0 Å². The molecule has 0 radical (unpaired) electrons. The van der Waals surface area contributed by atoms with Crippen LogP contribution in [0.5, 0.6) is 0 Å². The minimum Gasteiger partial charge on any atom is -0.469 e. The Bertz CT molecular complexity index is 622. The summed E-state index contributed by atoms with van der Waals surface area (Å²) in [5.41, 5.74) is 6.45. The van der Waals surface area contributed by atoms with Crippen LogP contribution in [-0.4, -0.2) is 37.0 Å². The highest BCUT2D eigenvalue weighted by Crippen LogP contribution is 2.27. The van der Waals surface area contributed by atoms with Gasteiger partial charge in [0.15, 0.2) is 0 Å². The number of anilines is 1. The molecule has 4 N–H and O–H groups in total. The van der Waals surface area contributed by atoms with Gasteiger partial charge in [0, 0.05) is 17.8 Å². The second-order valence-corrected chi connectivity index (χ2v) is 6.33. The summed E-state index contributed by atoms with van der Waals surface area (Å²) in [5.74, 6) is -0.844. The number of carbonyl (C=O) groups excluding carboxylic acids is 3. The van der Waals surface area contributed by atoms with Crippen LogP contribution in [0.2, 0.25) is 0 Å². The summed E-state index contributed by atoms with van der Waals surface area (Å²) in [6, 6.07) is 6.57. The van der Waals surface area contributed by atoms with E-state index in [0.717, 1.165) is 19.3 Å². The van der Waals surface area contributed by atoms with Crippen molar-refractivity contribution in [3.05, 3.63) is 29.8 Å². The molecule has 7 nitrogen and oxygen atoms in total. The SMILES string of the molecule is COC(=O)CCNC(=O)c1ccc(NC(=O)C2(N)CCCCC2)cc1. The van der Waals surface area contributed by atoms with Gasteiger partial charge >= 0.3 is 5.97 Å². The van der Waals surface area contributed by atoms with Crippen molar-refractivity contribution in [2.45, 2.75) is 44.1 Å². The second kappa shape index (κ2) is 8.62. The van der Waals surface area contributed by atoms with Gasteiger partial charge < -0.3 is 21.1 Å². The maximum absolute atomic E-state index is 12.4. The molecule has 1 aliphatic carbocycles. The zero-order valence-corrected chi connectivity index (χ0v) is 14.5. The Kier molecular flexibility index (Phi) is 6.52. The van der Waals surface area contributed by atoms with Crippen LogP contribution >= 0.6 is 0 Å². The van der Waals surface area contributed by atoms with Crippen molar-refractivity contribution < 1.29 is 19.1 Å². The quantitative estimate of drug-likeness (QED) is 0.677. The molecule has 0 aliphatic heterocycles. The van der Waals surface area contributed by atoms with Crippen molar-refractivity contribution in [1.82, 2.24) is 5.32 Å². The average molecular weight is 347 g/mol. The number of amides is 2. The van der Waals surface area contributed by atoms with Gasteiger partial charge in [0.2, 0.25) is 5.91 Å². The number of hydrogen-bond acceptors (Lipinski definition) is 5. The monoisotopic (exact) mass is 347 g/mol. The van der Waals surface area contributed by atoms with Crippen molar-refractivity contribution in [2.24, 2.45) is 5.73 Å². The van der Waals surface area contributed by atoms with Gasteiger partial charge in [0.1, 0.15) is 0 Å². The van der Waals surface area contributed by atoms with Crippen LogP contribution in [0.15, 0.2) is 24.3 Å². The molecule has 1 aromatic carbocycles. The van der Waals surface area contributed by atoms with Crippen LogP contribution in [0, 0.1) is 0 Å². The molecular weight excluding hydrogens is 322 g/mol. The lowest BCUT2D eigenvalue weighted by molar-refractivity contribution is -0.140. The Morgan fingerprint density at radius 2 is 1.76 bits per heavy atom. The number of esters is 1. The summed E-state index contributed by atoms with van der Waals surface area (Å²) in [4.78, 5) is 35.4. The highest BCUT2D eigenvalue weighted by Gasteiger charge is 2.35. The number of ether oxygens (including phenoxy) is 1. The summed E-state index contributed by atoms with van der Waals surface area (Å²) >= 11 is 0. The lowest BCUT2D eigenvalue weighted by Crippen LogP contribution is -2.52. The maximum atomic E-state index is 12.4. The normalized spacial score (nSPS) is 15.9. The number of benzene rings is 1. The molecular formula is C18H25N3O4. The molecule has 0 heterocycles. The molecule has 0 bridgehead atoms. The number of rotatable bonds is 6. The van der Waals surface area contributed by atoms with Crippen molar-refractivity contribution in [2.75, 3.05) is 19.0 Å². The minimum absolute atomic E-state index is 0.120. The smallest absolute Gasteiger partial charge is 0.307 e. The summed E-state index contributed by atoms with van der Waals surface area (Å²) in [6.07, 6.45) is 4.56. The Morgan fingerprint density at radius 3 is 2.36 bits per heavy atom. The van der Waals surface area contributed by atoms with E-state index in [-0.39, 0.29) is 30.7 Å². The Hall–Kier alpha value is -2.41. The Balaban J connectivity index is 1.87. The van der Waals surface area contributed by atoms with Crippen molar-refractivity contribution in [3.8, 4) is 0 Å². The molecule has 0 atom stereocenters. The van der Waals surface area contributed by atoms with Crippen LogP contribution in [-0.2, 0) is 14.3 Å². The summed E-state index contributed by atoms with van der Waals surface area (Å²) in [7, 11) is 1.30. The number of hydrogen-bond donors (Lipinski definition) is 3. The second-order valence-electron chi connectivity index (χ2n) is 6.33. The summed E-state index contributed by atoms with van der Waals surface area (Å²) < 4.78 is 4.51. The predicted octanol–water partition coefficient (Wildman–Crippen LogP) is 1.58. The Morgan fingerprint density at radius 1 is 1.12 bits per heavy atom. The lowest BCUT2D eigenvalue weighted by Gasteiger charge is -2.31. The molecule has 25 heavy (non-hydrogen) atoms.